The number of nitrogens with zero attached hydrogens (tertiary/aromatic N) is 1. The maximum absolute atomic E-state index is 13.8. The van der Waals surface area contributed by atoms with Crippen LogP contribution in [0.4, 0.5) is 8.78 Å². The Hall–Kier alpha value is -1.00. The second-order valence-electron chi connectivity index (χ2n) is 4.78. The Kier molecular flexibility index (Phi) is 3.74. The zero-order chi connectivity index (χ0) is 12.4. The third-order valence-corrected chi connectivity index (χ3v) is 3.31. The van der Waals surface area contributed by atoms with Gasteiger partial charge >= 0.3 is 0 Å². The van der Waals surface area contributed by atoms with E-state index in [0.717, 1.165) is 25.5 Å². The quantitative estimate of drug-likeness (QED) is 0.872. The molecule has 0 amide bonds. The smallest absolute Gasteiger partial charge is 0.128 e. The Morgan fingerprint density at radius 1 is 1.35 bits per heavy atom. The molecule has 1 fully saturated rings. The van der Waals surface area contributed by atoms with Gasteiger partial charge in [-0.25, -0.2) is 8.78 Å². The molecule has 1 heterocycles. The van der Waals surface area contributed by atoms with Gasteiger partial charge < -0.3 is 10.2 Å². The molecule has 0 saturated carbocycles. The molecule has 2 unspecified atom stereocenters. The number of nitrogens with one attached hydrogen (secondary N) is 1. The summed E-state index contributed by atoms with van der Waals surface area (Å²) in [5.41, 5.74) is 0.439. The molecule has 0 aliphatic carbocycles. The Morgan fingerprint density at radius 2 is 2.12 bits per heavy atom. The molecule has 1 saturated heterocycles. The van der Waals surface area contributed by atoms with Gasteiger partial charge in [0.2, 0.25) is 0 Å². The van der Waals surface area contributed by atoms with Gasteiger partial charge in [-0.05, 0) is 51.7 Å². The van der Waals surface area contributed by atoms with Crippen LogP contribution in [0.1, 0.15) is 24.4 Å². The van der Waals surface area contributed by atoms with E-state index in [-0.39, 0.29) is 23.7 Å². The molecule has 0 spiro atoms. The van der Waals surface area contributed by atoms with Crippen molar-refractivity contribution in [3.8, 4) is 0 Å². The number of benzene rings is 1. The second kappa shape index (κ2) is 5.10. The summed E-state index contributed by atoms with van der Waals surface area (Å²) < 4.78 is 27.1. The van der Waals surface area contributed by atoms with E-state index in [1.165, 1.54) is 12.1 Å². The molecule has 2 nitrogen and oxygen atoms in total. The van der Waals surface area contributed by atoms with Gasteiger partial charge in [0.1, 0.15) is 11.6 Å². The van der Waals surface area contributed by atoms with Crippen LogP contribution in [0.15, 0.2) is 18.2 Å². The first-order chi connectivity index (χ1) is 8.09. The highest BCUT2D eigenvalue weighted by atomic mass is 19.1. The van der Waals surface area contributed by atoms with E-state index in [4.69, 9.17) is 0 Å². The third-order valence-electron chi connectivity index (χ3n) is 3.31. The first kappa shape index (κ1) is 12.5. The minimum atomic E-state index is -0.383. The van der Waals surface area contributed by atoms with Crippen molar-refractivity contribution >= 4 is 0 Å². The summed E-state index contributed by atoms with van der Waals surface area (Å²) in [5.74, 6) is -0.718. The second-order valence-corrected chi connectivity index (χ2v) is 4.78. The standard InChI is InChI=1S/C13H18F2N2/c1-17(2)13(12-4-3-7-16-12)10-8-9(14)5-6-11(10)15/h5-6,8,12-13,16H,3-4,7H2,1-2H3. The molecule has 0 bridgehead atoms. The molecular weight excluding hydrogens is 222 g/mol. The van der Waals surface area contributed by atoms with Crippen LogP contribution in [0.5, 0.6) is 0 Å². The SMILES string of the molecule is CN(C)C(c1cc(F)ccc1F)C1CCCN1. The Labute approximate surface area is 101 Å². The number of likely N-dealkylation sites (N-methyl/N-ethyl adjacent to an activating group) is 1. The average molecular weight is 240 g/mol. The van der Waals surface area contributed by atoms with Gasteiger partial charge in [0.05, 0.1) is 6.04 Å². The summed E-state index contributed by atoms with van der Waals surface area (Å²) in [4.78, 5) is 1.95. The summed E-state index contributed by atoms with van der Waals surface area (Å²) in [6.07, 6.45) is 2.09. The Bertz CT molecular complexity index is 387. The minimum Gasteiger partial charge on any atom is -0.312 e. The zero-order valence-corrected chi connectivity index (χ0v) is 10.2. The number of hydrogen-bond donors (Lipinski definition) is 1. The van der Waals surface area contributed by atoms with E-state index >= 15 is 0 Å². The predicted molar refractivity (Wildman–Crippen MR) is 63.8 cm³/mol. The fourth-order valence-corrected chi connectivity index (χ4v) is 2.58. The summed E-state index contributed by atoms with van der Waals surface area (Å²) in [6, 6.07) is 3.75. The average Bonchev–Trinajstić information content (AvgIpc) is 2.76. The van der Waals surface area contributed by atoms with Crippen LogP contribution in [0, 0.1) is 11.6 Å². The van der Waals surface area contributed by atoms with Crippen molar-refractivity contribution in [2.75, 3.05) is 20.6 Å². The molecule has 0 aromatic heterocycles. The summed E-state index contributed by atoms with van der Waals surface area (Å²) in [5, 5.41) is 3.35. The van der Waals surface area contributed by atoms with E-state index in [0.29, 0.717) is 5.56 Å². The number of rotatable bonds is 3. The molecule has 1 aliphatic rings. The van der Waals surface area contributed by atoms with Crippen LogP contribution in [-0.2, 0) is 0 Å². The van der Waals surface area contributed by atoms with Crippen molar-refractivity contribution in [1.29, 1.82) is 0 Å². The van der Waals surface area contributed by atoms with Crippen LogP contribution in [0.2, 0.25) is 0 Å². The molecule has 4 heteroatoms. The lowest BCUT2D eigenvalue weighted by Crippen LogP contribution is -2.37. The largest absolute Gasteiger partial charge is 0.312 e. The Balaban J connectivity index is 2.34. The molecule has 1 N–H and O–H groups in total. The van der Waals surface area contributed by atoms with Gasteiger partial charge in [-0.3, -0.25) is 0 Å². The summed E-state index contributed by atoms with van der Waals surface area (Å²) >= 11 is 0. The van der Waals surface area contributed by atoms with Crippen molar-refractivity contribution in [3.05, 3.63) is 35.4 Å². The minimum absolute atomic E-state index is 0.117. The van der Waals surface area contributed by atoms with Crippen LogP contribution >= 0.6 is 0 Å². The van der Waals surface area contributed by atoms with Crippen molar-refractivity contribution in [2.45, 2.75) is 24.9 Å². The lowest BCUT2D eigenvalue weighted by atomic mass is 9.96. The normalized spacial score (nSPS) is 22.1. The van der Waals surface area contributed by atoms with E-state index in [1.807, 2.05) is 19.0 Å². The van der Waals surface area contributed by atoms with Gasteiger partial charge in [0.15, 0.2) is 0 Å². The number of halogens is 2. The fraction of sp³-hybridized carbons (Fsp3) is 0.538. The maximum atomic E-state index is 13.8. The van der Waals surface area contributed by atoms with E-state index < -0.39 is 0 Å². The maximum Gasteiger partial charge on any atom is 0.128 e. The van der Waals surface area contributed by atoms with Crippen LogP contribution in [0.3, 0.4) is 0 Å². The lowest BCUT2D eigenvalue weighted by Gasteiger charge is -2.30. The predicted octanol–water partition coefficient (Wildman–Crippen LogP) is 2.32. The zero-order valence-electron chi connectivity index (χ0n) is 10.2. The van der Waals surface area contributed by atoms with E-state index in [9.17, 15) is 8.78 Å². The van der Waals surface area contributed by atoms with Crippen molar-refractivity contribution < 1.29 is 8.78 Å². The first-order valence-corrected chi connectivity index (χ1v) is 5.94. The molecule has 1 aromatic rings. The number of hydrogen-bond acceptors (Lipinski definition) is 2. The van der Waals surface area contributed by atoms with Crippen LogP contribution in [-0.4, -0.2) is 31.6 Å². The van der Waals surface area contributed by atoms with Crippen molar-refractivity contribution in [3.63, 3.8) is 0 Å². The van der Waals surface area contributed by atoms with E-state index in [1.54, 1.807) is 0 Å². The Morgan fingerprint density at radius 3 is 2.71 bits per heavy atom. The summed E-state index contributed by atoms with van der Waals surface area (Å²) in [7, 11) is 3.80. The van der Waals surface area contributed by atoms with Crippen LogP contribution < -0.4 is 5.32 Å². The summed E-state index contributed by atoms with van der Waals surface area (Å²) in [6.45, 7) is 0.950. The molecule has 17 heavy (non-hydrogen) atoms. The van der Waals surface area contributed by atoms with Gasteiger partial charge in [0, 0.05) is 11.6 Å². The topological polar surface area (TPSA) is 15.3 Å². The van der Waals surface area contributed by atoms with Crippen molar-refractivity contribution in [1.82, 2.24) is 10.2 Å². The molecule has 2 rings (SSSR count). The lowest BCUT2D eigenvalue weighted by molar-refractivity contribution is 0.237. The highest BCUT2D eigenvalue weighted by Gasteiger charge is 2.29. The molecule has 1 aromatic carbocycles. The molecule has 1 aliphatic heterocycles. The molecule has 94 valence electrons. The first-order valence-electron chi connectivity index (χ1n) is 5.94. The van der Waals surface area contributed by atoms with Gasteiger partial charge in [-0.1, -0.05) is 0 Å². The highest BCUT2D eigenvalue weighted by molar-refractivity contribution is 5.24. The van der Waals surface area contributed by atoms with E-state index in [2.05, 4.69) is 5.32 Å². The highest BCUT2D eigenvalue weighted by Crippen LogP contribution is 2.29. The third kappa shape index (κ3) is 2.64. The van der Waals surface area contributed by atoms with Gasteiger partial charge in [0.25, 0.3) is 0 Å². The fourth-order valence-electron chi connectivity index (χ4n) is 2.58. The van der Waals surface area contributed by atoms with Crippen molar-refractivity contribution in [2.24, 2.45) is 0 Å². The van der Waals surface area contributed by atoms with Gasteiger partial charge in [-0.15, -0.1) is 0 Å². The molecule has 0 radical (unpaired) electrons. The molecular formula is C13H18F2N2. The van der Waals surface area contributed by atoms with Gasteiger partial charge in [-0.2, -0.15) is 0 Å². The molecule has 2 atom stereocenters. The van der Waals surface area contributed by atoms with Crippen LogP contribution in [0.25, 0.3) is 0 Å². The monoisotopic (exact) mass is 240 g/mol.